The molecule has 0 bridgehead atoms. The molecule has 0 amide bonds. The van der Waals surface area contributed by atoms with Crippen LogP contribution >= 0.6 is 0 Å². The first-order chi connectivity index (χ1) is 9.22. The van der Waals surface area contributed by atoms with Crippen molar-refractivity contribution in [2.45, 2.75) is 45.4 Å². The molecular weight excluding hydrogens is 238 g/mol. The summed E-state index contributed by atoms with van der Waals surface area (Å²) in [6.07, 6.45) is 1.36. The second-order valence-electron chi connectivity index (χ2n) is 5.29. The molecule has 1 aliphatic rings. The molecule has 3 nitrogen and oxygen atoms in total. The van der Waals surface area contributed by atoms with Gasteiger partial charge in [-0.05, 0) is 37.9 Å². The Kier molecular flexibility index (Phi) is 5.37. The lowest BCUT2D eigenvalue weighted by Crippen LogP contribution is -2.42. The van der Waals surface area contributed by atoms with Crippen LogP contribution in [0.2, 0.25) is 0 Å². The summed E-state index contributed by atoms with van der Waals surface area (Å²) in [7, 11) is 0. The molecule has 0 saturated carbocycles. The summed E-state index contributed by atoms with van der Waals surface area (Å²) in [5.74, 6) is 0. The van der Waals surface area contributed by atoms with Crippen molar-refractivity contribution in [2.75, 3.05) is 19.8 Å². The van der Waals surface area contributed by atoms with E-state index in [1.807, 2.05) is 0 Å². The monoisotopic (exact) mass is 263 g/mol. The van der Waals surface area contributed by atoms with Crippen molar-refractivity contribution < 1.29 is 9.47 Å². The molecule has 2 rings (SSSR count). The Morgan fingerprint density at radius 1 is 1.37 bits per heavy atom. The highest BCUT2D eigenvalue weighted by Crippen LogP contribution is 2.29. The Bertz CT molecular complexity index is 392. The summed E-state index contributed by atoms with van der Waals surface area (Å²) < 4.78 is 11.8. The predicted molar refractivity (Wildman–Crippen MR) is 77.4 cm³/mol. The van der Waals surface area contributed by atoms with Crippen LogP contribution in [0.4, 0.5) is 0 Å². The van der Waals surface area contributed by atoms with Crippen LogP contribution in [0.3, 0.4) is 0 Å². The fourth-order valence-electron chi connectivity index (χ4n) is 2.57. The maximum atomic E-state index is 6.01. The minimum atomic E-state index is 0.101. The second-order valence-corrected chi connectivity index (χ2v) is 5.29. The van der Waals surface area contributed by atoms with Crippen molar-refractivity contribution in [1.82, 2.24) is 5.32 Å². The molecule has 3 heteroatoms. The zero-order valence-corrected chi connectivity index (χ0v) is 12.2. The van der Waals surface area contributed by atoms with Crippen molar-refractivity contribution in [3.8, 4) is 0 Å². The first-order valence-corrected chi connectivity index (χ1v) is 7.26. The highest BCUT2D eigenvalue weighted by atomic mass is 16.5. The molecule has 1 heterocycles. The van der Waals surface area contributed by atoms with Gasteiger partial charge >= 0.3 is 0 Å². The first kappa shape index (κ1) is 14.5. The van der Waals surface area contributed by atoms with Gasteiger partial charge in [0, 0.05) is 0 Å². The standard InChI is InChI=1S/C16H25NO2/c1-4-17-15(11-19-12(2)3)16-14-8-6-5-7-13(14)9-10-18-16/h5-8,12,15-17H,4,9-11H2,1-3H3. The van der Waals surface area contributed by atoms with E-state index in [2.05, 4.69) is 50.4 Å². The van der Waals surface area contributed by atoms with E-state index in [0.29, 0.717) is 6.61 Å². The summed E-state index contributed by atoms with van der Waals surface area (Å²) in [5.41, 5.74) is 2.72. The fourth-order valence-corrected chi connectivity index (χ4v) is 2.57. The van der Waals surface area contributed by atoms with Crippen LogP contribution < -0.4 is 5.32 Å². The van der Waals surface area contributed by atoms with Gasteiger partial charge < -0.3 is 14.8 Å². The Labute approximate surface area is 116 Å². The molecule has 0 spiro atoms. The molecular formula is C16H25NO2. The number of rotatable bonds is 6. The molecule has 106 valence electrons. The molecule has 19 heavy (non-hydrogen) atoms. The van der Waals surface area contributed by atoms with Crippen LogP contribution in [0.15, 0.2) is 24.3 Å². The predicted octanol–water partition coefficient (Wildman–Crippen LogP) is 2.70. The van der Waals surface area contributed by atoms with Crippen LogP contribution in [0.1, 0.15) is 38.0 Å². The van der Waals surface area contributed by atoms with Gasteiger partial charge in [-0.25, -0.2) is 0 Å². The normalized spacial score (nSPS) is 20.3. The van der Waals surface area contributed by atoms with Gasteiger partial charge in [0.2, 0.25) is 0 Å². The van der Waals surface area contributed by atoms with Crippen LogP contribution in [-0.4, -0.2) is 31.9 Å². The van der Waals surface area contributed by atoms with E-state index in [0.717, 1.165) is 19.6 Å². The van der Waals surface area contributed by atoms with Gasteiger partial charge in [-0.2, -0.15) is 0 Å². The minimum Gasteiger partial charge on any atom is -0.377 e. The lowest BCUT2D eigenvalue weighted by Gasteiger charge is -2.33. The average Bonchev–Trinajstić information content (AvgIpc) is 2.43. The highest BCUT2D eigenvalue weighted by Gasteiger charge is 2.28. The van der Waals surface area contributed by atoms with Gasteiger partial charge in [0.1, 0.15) is 6.10 Å². The molecule has 1 aromatic rings. The zero-order chi connectivity index (χ0) is 13.7. The zero-order valence-electron chi connectivity index (χ0n) is 12.2. The average molecular weight is 263 g/mol. The topological polar surface area (TPSA) is 30.5 Å². The van der Waals surface area contributed by atoms with E-state index < -0.39 is 0 Å². The molecule has 0 saturated heterocycles. The van der Waals surface area contributed by atoms with Crippen molar-refractivity contribution in [2.24, 2.45) is 0 Å². The van der Waals surface area contributed by atoms with Gasteiger partial charge in [-0.1, -0.05) is 31.2 Å². The van der Waals surface area contributed by atoms with E-state index in [4.69, 9.17) is 9.47 Å². The summed E-state index contributed by atoms with van der Waals surface area (Å²) in [4.78, 5) is 0. The van der Waals surface area contributed by atoms with Crippen LogP contribution in [0.5, 0.6) is 0 Å². The number of hydrogen-bond donors (Lipinski definition) is 1. The van der Waals surface area contributed by atoms with E-state index in [1.54, 1.807) is 0 Å². The number of ether oxygens (including phenoxy) is 2. The third-order valence-corrected chi connectivity index (χ3v) is 3.47. The van der Waals surface area contributed by atoms with Crippen molar-refractivity contribution in [3.63, 3.8) is 0 Å². The number of nitrogens with one attached hydrogen (secondary N) is 1. The molecule has 0 fully saturated rings. The molecule has 2 unspecified atom stereocenters. The number of fused-ring (bicyclic) bond motifs is 1. The van der Waals surface area contributed by atoms with Gasteiger partial charge in [-0.3, -0.25) is 0 Å². The Morgan fingerprint density at radius 2 is 2.16 bits per heavy atom. The SMILES string of the molecule is CCNC(COC(C)C)C1OCCc2ccccc21. The van der Waals surface area contributed by atoms with E-state index in [-0.39, 0.29) is 18.2 Å². The smallest absolute Gasteiger partial charge is 0.100 e. The molecule has 0 radical (unpaired) electrons. The fraction of sp³-hybridized carbons (Fsp3) is 0.625. The highest BCUT2D eigenvalue weighted by molar-refractivity contribution is 5.32. The maximum absolute atomic E-state index is 6.01. The minimum absolute atomic E-state index is 0.101. The summed E-state index contributed by atoms with van der Waals surface area (Å²) >= 11 is 0. The van der Waals surface area contributed by atoms with Crippen LogP contribution in [0, 0.1) is 0 Å². The molecule has 0 aliphatic carbocycles. The number of likely N-dealkylation sites (N-methyl/N-ethyl adjacent to an activating group) is 1. The van der Waals surface area contributed by atoms with Gasteiger partial charge in [-0.15, -0.1) is 0 Å². The summed E-state index contributed by atoms with van der Waals surface area (Å²) in [5, 5.41) is 3.50. The summed E-state index contributed by atoms with van der Waals surface area (Å²) in [6.45, 7) is 8.67. The van der Waals surface area contributed by atoms with E-state index in [9.17, 15) is 0 Å². The molecule has 1 N–H and O–H groups in total. The number of benzene rings is 1. The van der Waals surface area contributed by atoms with Crippen LogP contribution in [-0.2, 0) is 15.9 Å². The molecule has 2 atom stereocenters. The maximum Gasteiger partial charge on any atom is 0.100 e. The molecule has 0 aromatic heterocycles. The van der Waals surface area contributed by atoms with E-state index >= 15 is 0 Å². The third-order valence-electron chi connectivity index (χ3n) is 3.47. The van der Waals surface area contributed by atoms with Crippen LogP contribution in [0.25, 0.3) is 0 Å². The van der Waals surface area contributed by atoms with Crippen molar-refractivity contribution >= 4 is 0 Å². The molecule has 1 aromatic carbocycles. The van der Waals surface area contributed by atoms with Crippen molar-refractivity contribution in [1.29, 1.82) is 0 Å². The quantitative estimate of drug-likeness (QED) is 0.856. The van der Waals surface area contributed by atoms with Crippen molar-refractivity contribution in [3.05, 3.63) is 35.4 Å². The van der Waals surface area contributed by atoms with Gasteiger partial charge in [0.15, 0.2) is 0 Å². The lowest BCUT2D eigenvalue weighted by atomic mass is 9.93. The lowest BCUT2D eigenvalue weighted by molar-refractivity contribution is -0.0248. The Balaban J connectivity index is 2.13. The Morgan fingerprint density at radius 3 is 2.89 bits per heavy atom. The molecule has 1 aliphatic heterocycles. The largest absolute Gasteiger partial charge is 0.377 e. The van der Waals surface area contributed by atoms with Gasteiger partial charge in [0.25, 0.3) is 0 Å². The van der Waals surface area contributed by atoms with Gasteiger partial charge in [0.05, 0.1) is 25.4 Å². The third kappa shape index (κ3) is 3.78. The van der Waals surface area contributed by atoms with E-state index in [1.165, 1.54) is 11.1 Å². The number of hydrogen-bond acceptors (Lipinski definition) is 3. The Hall–Kier alpha value is -0.900. The summed E-state index contributed by atoms with van der Waals surface area (Å²) in [6, 6.07) is 8.80. The second kappa shape index (κ2) is 7.04. The first-order valence-electron chi connectivity index (χ1n) is 7.26.